The third kappa shape index (κ3) is 3.54. The van der Waals surface area contributed by atoms with E-state index in [1.807, 2.05) is 35.7 Å². The van der Waals surface area contributed by atoms with Gasteiger partial charge in [-0.3, -0.25) is 4.79 Å². The van der Waals surface area contributed by atoms with Crippen LogP contribution in [0.5, 0.6) is 0 Å². The van der Waals surface area contributed by atoms with Crippen LogP contribution in [0.15, 0.2) is 35.7 Å². The molecule has 1 heterocycles. The molecule has 0 radical (unpaired) electrons. The summed E-state index contributed by atoms with van der Waals surface area (Å²) in [6, 6.07) is 9.60. The van der Waals surface area contributed by atoms with Crippen molar-refractivity contribution in [3.63, 3.8) is 0 Å². The third-order valence-electron chi connectivity index (χ3n) is 2.14. The van der Waals surface area contributed by atoms with Crippen molar-refractivity contribution < 1.29 is 4.79 Å². The van der Waals surface area contributed by atoms with Gasteiger partial charge in [-0.15, -0.1) is 22.9 Å². The lowest BCUT2D eigenvalue weighted by Gasteiger charge is -2.01. The Labute approximate surface area is 108 Å². The molecular weight excluding hydrogens is 256 g/mol. The molecule has 0 unspecified atom stereocenters. The highest BCUT2D eigenvalue weighted by molar-refractivity contribution is 7.13. The fourth-order valence-corrected chi connectivity index (χ4v) is 2.33. The van der Waals surface area contributed by atoms with E-state index >= 15 is 0 Å². The zero-order valence-electron chi connectivity index (χ0n) is 9.02. The molecule has 0 spiro atoms. The van der Waals surface area contributed by atoms with Crippen LogP contribution in [-0.4, -0.2) is 10.9 Å². The summed E-state index contributed by atoms with van der Waals surface area (Å²) < 4.78 is 0. The Kier molecular flexibility index (Phi) is 4.12. The Hall–Kier alpha value is -1.39. The molecule has 0 atom stereocenters. The summed E-state index contributed by atoms with van der Waals surface area (Å²) in [5.74, 6) is 0.303. The Balaban J connectivity index is 1.93. The fourth-order valence-electron chi connectivity index (χ4n) is 1.37. The summed E-state index contributed by atoms with van der Waals surface area (Å²) in [5, 5.41) is 5.19. The molecule has 1 amide bonds. The predicted octanol–water partition coefficient (Wildman–Crippen LogP) is 3.06. The Morgan fingerprint density at radius 2 is 2.12 bits per heavy atom. The molecule has 2 aromatic rings. The van der Waals surface area contributed by atoms with Crippen LogP contribution in [0.2, 0.25) is 0 Å². The quantitative estimate of drug-likeness (QED) is 0.864. The first-order valence-corrected chi connectivity index (χ1v) is 6.53. The highest BCUT2D eigenvalue weighted by atomic mass is 35.5. The summed E-state index contributed by atoms with van der Waals surface area (Å²) >= 11 is 7.02. The number of hydrogen-bond acceptors (Lipinski definition) is 3. The summed E-state index contributed by atoms with van der Waals surface area (Å²) in [6.07, 6.45) is 0.358. The van der Waals surface area contributed by atoms with Gasteiger partial charge in [-0.25, -0.2) is 4.98 Å². The predicted molar refractivity (Wildman–Crippen MR) is 70.4 cm³/mol. The van der Waals surface area contributed by atoms with Crippen LogP contribution in [0, 0.1) is 0 Å². The number of carbonyl (C=O) groups is 1. The van der Waals surface area contributed by atoms with Crippen molar-refractivity contribution in [1.29, 1.82) is 0 Å². The van der Waals surface area contributed by atoms with Crippen molar-refractivity contribution in [2.24, 2.45) is 0 Å². The van der Waals surface area contributed by atoms with Gasteiger partial charge in [0.15, 0.2) is 5.13 Å². The van der Waals surface area contributed by atoms with Gasteiger partial charge >= 0.3 is 0 Å². The smallest absolute Gasteiger partial charge is 0.230 e. The third-order valence-corrected chi connectivity index (χ3v) is 3.22. The van der Waals surface area contributed by atoms with Crippen molar-refractivity contribution in [1.82, 2.24) is 4.98 Å². The highest BCUT2D eigenvalue weighted by Gasteiger charge is 2.06. The molecule has 0 aliphatic rings. The van der Waals surface area contributed by atoms with E-state index in [1.165, 1.54) is 11.3 Å². The maximum atomic E-state index is 11.7. The lowest BCUT2D eigenvalue weighted by molar-refractivity contribution is -0.115. The second kappa shape index (κ2) is 5.80. The van der Waals surface area contributed by atoms with Gasteiger partial charge in [0, 0.05) is 5.38 Å². The van der Waals surface area contributed by atoms with E-state index in [4.69, 9.17) is 11.6 Å². The zero-order chi connectivity index (χ0) is 12.1. The van der Waals surface area contributed by atoms with Crippen LogP contribution in [0.25, 0.3) is 0 Å². The summed E-state index contributed by atoms with van der Waals surface area (Å²) in [6.45, 7) is 0. The maximum Gasteiger partial charge on any atom is 0.230 e. The molecular formula is C12H11ClN2OS. The van der Waals surface area contributed by atoms with Crippen LogP contribution in [0.4, 0.5) is 5.13 Å². The topological polar surface area (TPSA) is 42.0 Å². The van der Waals surface area contributed by atoms with Crippen molar-refractivity contribution >= 4 is 34.0 Å². The molecule has 1 aromatic carbocycles. The monoisotopic (exact) mass is 266 g/mol. The van der Waals surface area contributed by atoms with E-state index in [0.717, 1.165) is 11.3 Å². The fraction of sp³-hybridized carbons (Fsp3) is 0.167. The highest BCUT2D eigenvalue weighted by Crippen LogP contribution is 2.16. The van der Waals surface area contributed by atoms with Gasteiger partial charge in [0.2, 0.25) is 5.91 Å². The number of carbonyl (C=O) groups excluding carboxylic acids is 1. The van der Waals surface area contributed by atoms with E-state index in [2.05, 4.69) is 10.3 Å². The number of thiazole rings is 1. The minimum Gasteiger partial charge on any atom is -0.302 e. The summed E-state index contributed by atoms with van der Waals surface area (Å²) in [5.41, 5.74) is 1.77. The molecule has 0 aliphatic carbocycles. The molecule has 1 aromatic heterocycles. The van der Waals surface area contributed by atoms with E-state index in [9.17, 15) is 4.79 Å². The Morgan fingerprint density at radius 1 is 1.35 bits per heavy atom. The van der Waals surface area contributed by atoms with Gasteiger partial charge in [0.25, 0.3) is 0 Å². The van der Waals surface area contributed by atoms with Crippen molar-refractivity contribution in [2.45, 2.75) is 12.3 Å². The zero-order valence-corrected chi connectivity index (χ0v) is 10.6. The molecule has 1 N–H and O–H groups in total. The number of hydrogen-bond donors (Lipinski definition) is 1. The van der Waals surface area contributed by atoms with Crippen molar-refractivity contribution in [3.8, 4) is 0 Å². The molecule has 0 saturated heterocycles. The lowest BCUT2D eigenvalue weighted by atomic mass is 10.1. The standard InChI is InChI=1S/C12H11ClN2OS/c13-7-10-8-17-12(14-10)15-11(16)6-9-4-2-1-3-5-9/h1-5,8H,6-7H2,(H,14,15,16). The number of benzene rings is 1. The van der Waals surface area contributed by atoms with E-state index in [0.29, 0.717) is 17.4 Å². The van der Waals surface area contributed by atoms with E-state index < -0.39 is 0 Å². The number of amides is 1. The van der Waals surface area contributed by atoms with Gasteiger partial charge < -0.3 is 5.32 Å². The number of aromatic nitrogens is 1. The average molecular weight is 267 g/mol. The van der Waals surface area contributed by atoms with Crippen LogP contribution >= 0.6 is 22.9 Å². The second-order valence-corrected chi connectivity index (χ2v) is 4.61. The molecule has 88 valence electrons. The molecule has 0 fully saturated rings. The number of nitrogens with one attached hydrogen (secondary N) is 1. The van der Waals surface area contributed by atoms with Crippen molar-refractivity contribution in [3.05, 3.63) is 47.0 Å². The van der Waals surface area contributed by atoms with Crippen LogP contribution in [-0.2, 0) is 17.1 Å². The molecule has 0 aliphatic heterocycles. The first-order valence-electron chi connectivity index (χ1n) is 5.12. The molecule has 5 heteroatoms. The van der Waals surface area contributed by atoms with E-state index in [-0.39, 0.29) is 5.91 Å². The Morgan fingerprint density at radius 3 is 2.76 bits per heavy atom. The Bertz CT molecular complexity index is 498. The lowest BCUT2D eigenvalue weighted by Crippen LogP contribution is -2.14. The SMILES string of the molecule is O=C(Cc1ccccc1)Nc1nc(CCl)cs1. The van der Waals surface area contributed by atoms with Gasteiger partial charge in [0.05, 0.1) is 18.0 Å². The normalized spacial score (nSPS) is 10.2. The average Bonchev–Trinajstić information content (AvgIpc) is 2.78. The number of alkyl halides is 1. The first-order chi connectivity index (χ1) is 8.28. The molecule has 3 nitrogen and oxygen atoms in total. The molecule has 17 heavy (non-hydrogen) atoms. The molecule has 0 saturated carbocycles. The second-order valence-electron chi connectivity index (χ2n) is 3.49. The van der Waals surface area contributed by atoms with Gasteiger partial charge in [-0.2, -0.15) is 0 Å². The largest absolute Gasteiger partial charge is 0.302 e. The van der Waals surface area contributed by atoms with Crippen LogP contribution in [0.1, 0.15) is 11.3 Å². The molecule has 2 rings (SSSR count). The number of rotatable bonds is 4. The molecule has 0 bridgehead atoms. The van der Waals surface area contributed by atoms with Crippen molar-refractivity contribution in [2.75, 3.05) is 5.32 Å². The van der Waals surface area contributed by atoms with Gasteiger partial charge in [-0.1, -0.05) is 30.3 Å². The maximum absolute atomic E-state index is 11.7. The van der Waals surface area contributed by atoms with Gasteiger partial charge in [0.1, 0.15) is 0 Å². The number of nitrogens with zero attached hydrogens (tertiary/aromatic N) is 1. The van der Waals surface area contributed by atoms with Crippen LogP contribution < -0.4 is 5.32 Å². The summed E-state index contributed by atoms with van der Waals surface area (Å²) in [7, 11) is 0. The minimum atomic E-state index is -0.0633. The minimum absolute atomic E-state index is 0.0633. The van der Waals surface area contributed by atoms with E-state index in [1.54, 1.807) is 0 Å². The number of halogens is 1. The van der Waals surface area contributed by atoms with Gasteiger partial charge in [-0.05, 0) is 5.56 Å². The number of anilines is 1. The first kappa shape index (κ1) is 12.1. The van der Waals surface area contributed by atoms with Crippen LogP contribution in [0.3, 0.4) is 0 Å². The summed E-state index contributed by atoms with van der Waals surface area (Å²) in [4.78, 5) is 15.9.